The number of benzene rings is 5. The van der Waals surface area contributed by atoms with E-state index in [2.05, 4.69) is 0 Å². The van der Waals surface area contributed by atoms with Crippen LogP contribution in [0.1, 0.15) is 86.7 Å². The number of carbonyl (C=O) groups excluding carboxylic acids is 2. The number of hydrogen-bond acceptors (Lipinski definition) is 7. The number of hydrogen-bond donors (Lipinski definition) is 2. The first-order chi connectivity index (χ1) is 35.1. The molecule has 0 bridgehead atoms. The van der Waals surface area contributed by atoms with Crippen LogP contribution >= 0.6 is 11.6 Å². The van der Waals surface area contributed by atoms with E-state index in [1.165, 1.54) is 55.6 Å². The van der Waals surface area contributed by atoms with Crippen LogP contribution in [0.5, 0.6) is 5.75 Å². The number of ether oxygens (including phenoxy) is 2. The number of phenols is 1. The summed E-state index contributed by atoms with van der Waals surface area (Å²) >= 11 is 6.17. The van der Waals surface area contributed by atoms with Gasteiger partial charge in [0.05, 0.1) is 47.5 Å². The van der Waals surface area contributed by atoms with Gasteiger partial charge in [0.25, 0.3) is 5.91 Å². The molecule has 0 saturated carbocycles. The Morgan fingerprint density at radius 1 is 0.747 bits per heavy atom. The maximum atomic E-state index is 15.0. The zero-order chi connectivity index (χ0) is 54.6. The number of piperidine rings is 1. The van der Waals surface area contributed by atoms with Gasteiger partial charge in [0.2, 0.25) is 5.91 Å². The van der Waals surface area contributed by atoms with E-state index in [1.807, 2.05) is 0 Å². The molecule has 0 aromatic heterocycles. The SMILES string of the molecule is C[C@@H](OC(C1=CN(C2CCN(C(=O)c3cc(C(F)(F)F)cc(C(F)(F)F)c3)[C@H](Cc3ccc(Cl)cc3)C2)c2cccc(O)c2[C@H]1C(N)=O)(c1ccc(F)cc1)N1CCOCC1)c1cc(C(F)(F)F)cc(C(F)(F)F)c1. The minimum absolute atomic E-state index is 0.00247. The van der Waals surface area contributed by atoms with Crippen LogP contribution in [0.15, 0.2) is 115 Å². The van der Waals surface area contributed by atoms with Crippen LogP contribution in [0.3, 0.4) is 0 Å². The van der Waals surface area contributed by atoms with Gasteiger partial charge in [0.1, 0.15) is 11.6 Å². The molecular weight excluding hydrogens is 1040 g/mol. The maximum absolute atomic E-state index is 15.0. The number of alkyl halides is 12. The van der Waals surface area contributed by atoms with E-state index in [1.54, 1.807) is 21.9 Å². The number of phenolic OH excluding ortho intramolecular Hbond substituents is 1. The number of likely N-dealkylation sites (tertiary alicyclic amines) is 1. The largest absolute Gasteiger partial charge is 0.508 e. The summed E-state index contributed by atoms with van der Waals surface area (Å²) in [6.07, 6.45) is -21.7. The van der Waals surface area contributed by atoms with E-state index in [-0.39, 0.29) is 86.6 Å². The number of nitrogens with two attached hydrogens (primary N) is 1. The van der Waals surface area contributed by atoms with Crippen molar-refractivity contribution in [1.82, 2.24) is 9.80 Å². The molecule has 3 aliphatic rings. The molecule has 2 amide bonds. The highest BCUT2D eigenvalue weighted by Gasteiger charge is 2.53. The number of fused-ring (bicyclic) bond motifs is 1. The minimum atomic E-state index is -5.28. The molecule has 8 rings (SSSR count). The van der Waals surface area contributed by atoms with E-state index in [0.717, 1.165) is 17.0 Å². The summed E-state index contributed by atoms with van der Waals surface area (Å²) in [5.74, 6) is -5.31. The van der Waals surface area contributed by atoms with E-state index in [9.17, 15) is 71.8 Å². The van der Waals surface area contributed by atoms with Gasteiger partial charge < -0.3 is 30.1 Å². The topological polar surface area (TPSA) is 109 Å². The van der Waals surface area contributed by atoms with E-state index >= 15 is 0 Å². The number of rotatable bonds is 11. The Balaban J connectivity index is 1.32. The van der Waals surface area contributed by atoms with Crippen LogP contribution in [-0.2, 0) is 51.1 Å². The zero-order valence-electron chi connectivity index (χ0n) is 39.1. The van der Waals surface area contributed by atoms with Crippen molar-refractivity contribution in [2.45, 2.75) is 80.7 Å². The lowest BCUT2D eigenvalue weighted by molar-refractivity contribution is -0.190. The highest BCUT2D eigenvalue weighted by molar-refractivity contribution is 6.30. The first-order valence-electron chi connectivity index (χ1n) is 23.1. The van der Waals surface area contributed by atoms with Gasteiger partial charge in [0.15, 0.2) is 5.72 Å². The zero-order valence-corrected chi connectivity index (χ0v) is 39.9. The number of amides is 2. The molecule has 5 aromatic carbocycles. The fourth-order valence-corrected chi connectivity index (χ4v) is 10.2. The average molecular weight is 1090 g/mol. The standard InChI is InChI=1S/C52H44ClF13N4O5/c1-28(30-20-33(49(55,56)57)24-34(21-30)50(58,59)60)75-48(68-15-17-74-18-16-68,32-7-11-38(54)12-8-32)41-27-70(42-3-2-4-43(71)45(42)44(41)46(67)72)39-13-14-69(40(26-39)19-29-5-9-37(53)10-6-29)47(73)31-22-35(51(61,62)63)25-36(23-31)52(64,65)66/h2-12,20-25,27-28,39-40,44,71H,13-19,26H2,1H3,(H2,67,72)/t28-,39?,40-,44+,48?/m1/s1. The molecule has 23 heteroatoms. The number of carbonyl (C=O) groups is 2. The summed E-state index contributed by atoms with van der Waals surface area (Å²) in [5.41, 5.74) is -3.95. The first-order valence-corrected chi connectivity index (χ1v) is 23.5. The second-order valence-electron chi connectivity index (χ2n) is 18.3. The van der Waals surface area contributed by atoms with Gasteiger partial charge in [-0.1, -0.05) is 41.9 Å². The molecule has 0 spiro atoms. The number of primary amides is 1. The van der Waals surface area contributed by atoms with Crippen LogP contribution in [0.2, 0.25) is 5.02 Å². The van der Waals surface area contributed by atoms with Gasteiger partial charge in [-0.2, -0.15) is 52.7 Å². The molecule has 5 atom stereocenters. The lowest BCUT2D eigenvalue weighted by Gasteiger charge is -2.52. The molecule has 2 unspecified atom stereocenters. The molecule has 2 saturated heterocycles. The van der Waals surface area contributed by atoms with Crippen LogP contribution < -0.4 is 10.6 Å². The predicted octanol–water partition coefficient (Wildman–Crippen LogP) is 12.4. The van der Waals surface area contributed by atoms with E-state index < -0.39 is 111 Å². The van der Waals surface area contributed by atoms with Crippen molar-refractivity contribution >= 4 is 29.1 Å². The van der Waals surface area contributed by atoms with Gasteiger partial charge in [0, 0.05) is 70.9 Å². The molecule has 3 N–H and O–H groups in total. The predicted molar refractivity (Wildman–Crippen MR) is 246 cm³/mol. The number of anilines is 1. The smallest absolute Gasteiger partial charge is 0.416 e. The summed E-state index contributed by atoms with van der Waals surface area (Å²) in [4.78, 5) is 33.0. The minimum Gasteiger partial charge on any atom is -0.508 e. The van der Waals surface area contributed by atoms with Crippen molar-refractivity contribution in [2.75, 3.05) is 37.7 Å². The van der Waals surface area contributed by atoms with Crippen molar-refractivity contribution in [1.29, 1.82) is 0 Å². The highest BCUT2D eigenvalue weighted by Crippen LogP contribution is 2.54. The number of nitrogens with zero attached hydrogens (tertiary/aromatic N) is 3. The quantitative estimate of drug-likeness (QED) is 0.127. The Morgan fingerprint density at radius 2 is 1.29 bits per heavy atom. The molecule has 2 fully saturated rings. The van der Waals surface area contributed by atoms with Crippen molar-refractivity contribution in [3.8, 4) is 5.75 Å². The molecule has 3 heterocycles. The highest BCUT2D eigenvalue weighted by atomic mass is 35.5. The summed E-state index contributed by atoms with van der Waals surface area (Å²) in [6.45, 7) is 0.591. The average Bonchev–Trinajstić information content (AvgIpc) is 3.36. The molecule has 75 heavy (non-hydrogen) atoms. The molecule has 0 radical (unpaired) electrons. The Kier molecular flexibility index (Phi) is 15.1. The van der Waals surface area contributed by atoms with Gasteiger partial charge >= 0.3 is 24.7 Å². The number of halogens is 14. The molecule has 0 aliphatic carbocycles. The van der Waals surface area contributed by atoms with Gasteiger partial charge in [-0.15, -0.1) is 0 Å². The van der Waals surface area contributed by atoms with Crippen molar-refractivity contribution < 1.29 is 81.2 Å². The van der Waals surface area contributed by atoms with Crippen molar-refractivity contribution in [3.05, 3.63) is 176 Å². The summed E-state index contributed by atoms with van der Waals surface area (Å²) in [7, 11) is 0. The van der Waals surface area contributed by atoms with E-state index in [4.69, 9.17) is 26.8 Å². The van der Waals surface area contributed by atoms with Gasteiger partial charge in [-0.25, -0.2) is 4.39 Å². The molecule has 5 aromatic rings. The lowest BCUT2D eigenvalue weighted by Crippen LogP contribution is -2.58. The third kappa shape index (κ3) is 11.4. The summed E-state index contributed by atoms with van der Waals surface area (Å²) in [6, 6.07) is 14.5. The molecule has 400 valence electrons. The van der Waals surface area contributed by atoms with E-state index in [0.29, 0.717) is 34.9 Å². The third-order valence-corrected chi connectivity index (χ3v) is 13.8. The second kappa shape index (κ2) is 20.6. The second-order valence-corrected chi connectivity index (χ2v) is 18.8. The normalized spacial score (nSPS) is 20.3. The first kappa shape index (κ1) is 54.9. The summed E-state index contributed by atoms with van der Waals surface area (Å²) < 4.78 is 198. The fourth-order valence-electron chi connectivity index (χ4n) is 10.1. The Bertz CT molecular complexity index is 2890. The number of morpholine rings is 1. The molecule has 3 aliphatic heterocycles. The monoisotopic (exact) mass is 1090 g/mol. The Hall–Kier alpha value is -6.36. The molecule has 9 nitrogen and oxygen atoms in total. The fraction of sp³-hybridized carbons (Fsp3) is 0.346. The van der Waals surface area contributed by atoms with Crippen LogP contribution in [0.25, 0.3) is 0 Å². The summed E-state index contributed by atoms with van der Waals surface area (Å²) in [5, 5.41) is 12.1. The van der Waals surface area contributed by atoms with Crippen molar-refractivity contribution in [3.63, 3.8) is 0 Å². The number of aromatic hydroxyl groups is 1. The van der Waals surface area contributed by atoms with Crippen LogP contribution in [0, 0.1) is 5.82 Å². The maximum Gasteiger partial charge on any atom is 0.416 e. The Labute approximate surface area is 424 Å². The lowest BCUT2D eigenvalue weighted by atomic mass is 9.76. The van der Waals surface area contributed by atoms with Gasteiger partial charge in [-0.3, -0.25) is 14.5 Å². The Morgan fingerprint density at radius 3 is 1.83 bits per heavy atom. The van der Waals surface area contributed by atoms with Crippen molar-refractivity contribution in [2.24, 2.45) is 5.73 Å². The third-order valence-electron chi connectivity index (χ3n) is 13.6. The van der Waals surface area contributed by atoms with Crippen LogP contribution in [0.4, 0.5) is 62.8 Å². The molecular formula is C52H44ClF13N4O5. The van der Waals surface area contributed by atoms with Gasteiger partial charge in [-0.05, 0) is 110 Å². The van der Waals surface area contributed by atoms with Crippen LogP contribution in [-0.4, -0.2) is 71.7 Å².